The van der Waals surface area contributed by atoms with E-state index in [0.717, 1.165) is 0 Å². The molecule has 2 rings (SSSR count). The second-order valence-electron chi connectivity index (χ2n) is 5.61. The molecule has 0 aromatic carbocycles. The summed E-state index contributed by atoms with van der Waals surface area (Å²) in [5, 5.41) is 76.1. The lowest BCUT2D eigenvalue weighted by Crippen LogP contribution is -2.64. The Labute approximate surface area is 135 Å². The summed E-state index contributed by atoms with van der Waals surface area (Å²) in [6, 6.07) is 0. The van der Waals surface area contributed by atoms with Crippen LogP contribution in [0.1, 0.15) is 0 Å². The van der Waals surface area contributed by atoms with Gasteiger partial charge in [0.25, 0.3) is 0 Å². The molecule has 0 bridgehead atoms. The first-order valence-electron chi connectivity index (χ1n) is 7.24. The number of ether oxygens (including phenoxy) is 3. The molecule has 12 nitrogen and oxygen atoms in total. The van der Waals surface area contributed by atoms with Crippen LogP contribution in [-0.4, -0.2) is 116 Å². The number of hydrogen-bond acceptors (Lipinski definition) is 12. The number of aliphatic hydroxyl groups excluding tert-OH is 7. The standard InChI is InChI=1S/C12H22O12/c13-1-3-5(15)10(24-20)8(18)12(22-3)23-9-4(2-14)21-11(19)7(17)6(9)16/h3-20H,1-2H2/t3-,4-,5+,6-,7-,8-,9-,10+,11+,12+/m1/s1. The Kier molecular flexibility index (Phi) is 6.83. The average molecular weight is 358 g/mol. The van der Waals surface area contributed by atoms with Crippen molar-refractivity contribution in [3.05, 3.63) is 0 Å². The van der Waals surface area contributed by atoms with E-state index in [1.54, 1.807) is 0 Å². The Hall–Kier alpha value is -0.480. The van der Waals surface area contributed by atoms with Gasteiger partial charge in [0, 0.05) is 0 Å². The molecule has 12 heteroatoms. The van der Waals surface area contributed by atoms with Crippen molar-refractivity contribution < 1.29 is 60.1 Å². The molecule has 142 valence electrons. The van der Waals surface area contributed by atoms with Gasteiger partial charge < -0.3 is 50.0 Å². The molecule has 2 saturated heterocycles. The van der Waals surface area contributed by atoms with Gasteiger partial charge in [0.1, 0.15) is 42.7 Å². The van der Waals surface area contributed by atoms with Crippen LogP contribution in [0.2, 0.25) is 0 Å². The summed E-state index contributed by atoms with van der Waals surface area (Å²) in [5.41, 5.74) is 0. The summed E-state index contributed by atoms with van der Waals surface area (Å²) in [4.78, 5) is 3.98. The van der Waals surface area contributed by atoms with Crippen LogP contribution in [-0.2, 0) is 19.1 Å². The zero-order valence-electron chi connectivity index (χ0n) is 12.4. The largest absolute Gasteiger partial charge is 0.394 e. The third-order valence-corrected chi connectivity index (χ3v) is 4.07. The Balaban J connectivity index is 2.14. The van der Waals surface area contributed by atoms with Gasteiger partial charge in [-0.15, -0.1) is 0 Å². The van der Waals surface area contributed by atoms with E-state index in [1.807, 2.05) is 0 Å². The fraction of sp³-hybridized carbons (Fsp3) is 1.00. The van der Waals surface area contributed by atoms with Gasteiger partial charge in [-0.1, -0.05) is 0 Å². The summed E-state index contributed by atoms with van der Waals surface area (Å²) in [6.07, 6.45) is -15.7. The average Bonchev–Trinajstić information content (AvgIpc) is 2.57. The second-order valence-corrected chi connectivity index (χ2v) is 5.61. The second kappa shape index (κ2) is 8.27. The Morgan fingerprint density at radius 1 is 0.708 bits per heavy atom. The van der Waals surface area contributed by atoms with Gasteiger partial charge >= 0.3 is 0 Å². The lowest BCUT2D eigenvalue weighted by molar-refractivity contribution is -0.393. The molecule has 2 aliphatic rings. The molecule has 0 aliphatic carbocycles. The minimum Gasteiger partial charge on any atom is -0.394 e. The highest BCUT2D eigenvalue weighted by Crippen LogP contribution is 2.29. The predicted octanol–water partition coefficient (Wildman–Crippen LogP) is -4.90. The summed E-state index contributed by atoms with van der Waals surface area (Å²) in [7, 11) is 0. The third kappa shape index (κ3) is 3.70. The first-order chi connectivity index (χ1) is 11.3. The normalized spacial score (nSPS) is 50.0. The number of aliphatic hydroxyl groups is 7. The lowest BCUT2D eigenvalue weighted by atomic mass is 9.97. The van der Waals surface area contributed by atoms with Crippen molar-refractivity contribution in [2.24, 2.45) is 0 Å². The maximum absolute atomic E-state index is 10.0. The fourth-order valence-corrected chi connectivity index (χ4v) is 2.68. The van der Waals surface area contributed by atoms with Crippen LogP contribution < -0.4 is 0 Å². The molecule has 8 N–H and O–H groups in total. The zero-order valence-corrected chi connectivity index (χ0v) is 12.4. The van der Waals surface area contributed by atoms with Crippen LogP contribution in [0.4, 0.5) is 0 Å². The van der Waals surface area contributed by atoms with E-state index in [-0.39, 0.29) is 0 Å². The van der Waals surface area contributed by atoms with Gasteiger partial charge in [-0.3, -0.25) is 5.26 Å². The van der Waals surface area contributed by atoms with E-state index >= 15 is 0 Å². The highest BCUT2D eigenvalue weighted by Gasteiger charge is 2.51. The summed E-state index contributed by atoms with van der Waals surface area (Å²) >= 11 is 0. The molecule has 0 saturated carbocycles. The third-order valence-electron chi connectivity index (χ3n) is 4.07. The monoisotopic (exact) mass is 358 g/mol. The predicted molar refractivity (Wildman–Crippen MR) is 70.1 cm³/mol. The van der Waals surface area contributed by atoms with Crippen molar-refractivity contribution in [3.63, 3.8) is 0 Å². The van der Waals surface area contributed by atoms with Crippen LogP contribution in [0.25, 0.3) is 0 Å². The minimum absolute atomic E-state index is 0.692. The molecule has 0 unspecified atom stereocenters. The van der Waals surface area contributed by atoms with E-state index in [1.165, 1.54) is 0 Å². The number of rotatable bonds is 5. The summed E-state index contributed by atoms with van der Waals surface area (Å²) in [5.74, 6) is 0. The first kappa shape index (κ1) is 19.8. The molecular weight excluding hydrogens is 336 g/mol. The van der Waals surface area contributed by atoms with Crippen LogP contribution in [0, 0.1) is 0 Å². The van der Waals surface area contributed by atoms with Crippen LogP contribution in [0.15, 0.2) is 0 Å². The van der Waals surface area contributed by atoms with E-state index in [4.69, 9.17) is 24.6 Å². The zero-order chi connectivity index (χ0) is 18.0. The molecule has 0 aromatic rings. The SMILES string of the molecule is OC[C@H]1O[C@@H](O[C@H]2[C@H](O)[C@@H](O)[C@@H](O)O[C@@H]2CO)[C@H](O)[C@@H](OO)[C@H]1O. The van der Waals surface area contributed by atoms with Crippen molar-refractivity contribution in [1.29, 1.82) is 0 Å². The van der Waals surface area contributed by atoms with Crippen LogP contribution >= 0.6 is 0 Å². The van der Waals surface area contributed by atoms with Crippen molar-refractivity contribution in [1.82, 2.24) is 0 Å². The molecular formula is C12H22O12. The molecule has 10 atom stereocenters. The van der Waals surface area contributed by atoms with Crippen molar-refractivity contribution in [2.75, 3.05) is 13.2 Å². The fourth-order valence-electron chi connectivity index (χ4n) is 2.68. The molecule has 0 spiro atoms. The topological polar surface area (TPSA) is 199 Å². The van der Waals surface area contributed by atoms with E-state index in [2.05, 4.69) is 4.89 Å². The molecule has 0 amide bonds. The van der Waals surface area contributed by atoms with Crippen LogP contribution in [0.5, 0.6) is 0 Å². The minimum atomic E-state index is -1.75. The Bertz CT molecular complexity index is 394. The molecule has 2 fully saturated rings. The number of hydrogen-bond donors (Lipinski definition) is 8. The lowest BCUT2D eigenvalue weighted by Gasteiger charge is -2.45. The van der Waals surface area contributed by atoms with Crippen LogP contribution in [0.3, 0.4) is 0 Å². The summed E-state index contributed by atoms with van der Waals surface area (Å²) < 4.78 is 15.3. The maximum Gasteiger partial charge on any atom is 0.187 e. The summed E-state index contributed by atoms with van der Waals surface area (Å²) in [6.45, 7) is -1.39. The van der Waals surface area contributed by atoms with Gasteiger partial charge in [-0.05, 0) is 0 Å². The highest BCUT2D eigenvalue weighted by atomic mass is 17.1. The first-order valence-corrected chi connectivity index (χ1v) is 7.24. The van der Waals surface area contributed by atoms with Gasteiger partial charge in [0.05, 0.1) is 13.2 Å². The highest BCUT2D eigenvalue weighted by molar-refractivity contribution is 4.93. The van der Waals surface area contributed by atoms with E-state index in [9.17, 15) is 30.6 Å². The molecule has 24 heavy (non-hydrogen) atoms. The van der Waals surface area contributed by atoms with E-state index < -0.39 is 74.6 Å². The smallest absolute Gasteiger partial charge is 0.187 e. The van der Waals surface area contributed by atoms with E-state index in [0.29, 0.717) is 0 Å². The van der Waals surface area contributed by atoms with Crippen molar-refractivity contribution in [3.8, 4) is 0 Å². The molecule has 0 aromatic heterocycles. The van der Waals surface area contributed by atoms with Crippen molar-refractivity contribution in [2.45, 2.75) is 61.4 Å². The quantitative estimate of drug-likeness (QED) is 0.172. The Morgan fingerprint density at radius 3 is 1.88 bits per heavy atom. The molecule has 0 radical (unpaired) electrons. The Morgan fingerprint density at radius 2 is 1.33 bits per heavy atom. The van der Waals surface area contributed by atoms with Gasteiger partial charge in [0.2, 0.25) is 0 Å². The van der Waals surface area contributed by atoms with Gasteiger partial charge in [-0.25, -0.2) is 4.89 Å². The molecule has 2 heterocycles. The maximum atomic E-state index is 10.0. The van der Waals surface area contributed by atoms with Gasteiger partial charge in [0.15, 0.2) is 18.7 Å². The van der Waals surface area contributed by atoms with Crippen molar-refractivity contribution >= 4 is 0 Å². The van der Waals surface area contributed by atoms with Gasteiger partial charge in [-0.2, -0.15) is 0 Å². The molecule has 2 aliphatic heterocycles.